The van der Waals surface area contributed by atoms with Crippen LogP contribution in [0, 0.1) is 3.70 Å². The molecule has 2 aromatic rings. The largest absolute Gasteiger partial charge is 0.573 e. The first-order chi connectivity index (χ1) is 6.96. The molecule has 0 saturated heterocycles. The summed E-state index contributed by atoms with van der Waals surface area (Å²) in [6.45, 7) is 0. The van der Waals surface area contributed by atoms with Crippen molar-refractivity contribution < 1.29 is 17.9 Å². The molecule has 0 aliphatic carbocycles. The lowest BCUT2D eigenvalue weighted by atomic mass is 10.4. The van der Waals surface area contributed by atoms with Gasteiger partial charge in [-0.3, -0.25) is 4.40 Å². The van der Waals surface area contributed by atoms with Crippen molar-refractivity contribution in [2.75, 3.05) is 0 Å². The third-order valence-corrected chi connectivity index (χ3v) is 2.47. The van der Waals surface area contributed by atoms with Gasteiger partial charge in [-0.25, -0.2) is 4.98 Å². The minimum absolute atomic E-state index is 0.258. The van der Waals surface area contributed by atoms with Gasteiger partial charge in [0.15, 0.2) is 0 Å². The van der Waals surface area contributed by atoms with Crippen LogP contribution in [0.25, 0.3) is 5.65 Å². The second-order valence-electron chi connectivity index (χ2n) is 2.72. The molecule has 0 unspecified atom stereocenters. The second-order valence-corrected chi connectivity index (χ2v) is 3.83. The highest BCUT2D eigenvalue weighted by molar-refractivity contribution is 14.1. The maximum absolute atomic E-state index is 11.9. The van der Waals surface area contributed by atoms with E-state index in [-0.39, 0.29) is 5.75 Å². The topological polar surface area (TPSA) is 26.5 Å². The van der Waals surface area contributed by atoms with Gasteiger partial charge in [0.2, 0.25) is 0 Å². The fraction of sp³-hybridized carbons (Fsp3) is 0.125. The van der Waals surface area contributed by atoms with E-state index in [1.165, 1.54) is 22.7 Å². The Morgan fingerprint density at radius 1 is 1.33 bits per heavy atom. The molecule has 0 aromatic carbocycles. The highest BCUT2D eigenvalue weighted by Crippen LogP contribution is 2.23. The minimum Gasteiger partial charge on any atom is -0.404 e. The predicted molar refractivity (Wildman–Crippen MR) is 54.6 cm³/mol. The molecular weight excluding hydrogens is 324 g/mol. The molecular formula is C8H4F3IN2O. The summed E-state index contributed by atoms with van der Waals surface area (Å²) in [6, 6.07) is 2.69. The fourth-order valence-electron chi connectivity index (χ4n) is 1.13. The standard InChI is InChI=1S/C8H4F3IN2O/c9-8(10,11)15-5-1-2-7-13-3-6(12)14(7)4-5/h1-4H. The van der Waals surface area contributed by atoms with Gasteiger partial charge in [-0.1, -0.05) is 0 Å². The van der Waals surface area contributed by atoms with Gasteiger partial charge in [0.1, 0.15) is 15.1 Å². The molecule has 2 heterocycles. The van der Waals surface area contributed by atoms with E-state index in [9.17, 15) is 13.2 Å². The molecule has 0 bridgehead atoms. The SMILES string of the molecule is FC(F)(F)Oc1ccc2ncc(I)n2c1. The number of rotatable bonds is 1. The molecule has 3 nitrogen and oxygen atoms in total. The molecule has 0 radical (unpaired) electrons. The van der Waals surface area contributed by atoms with Gasteiger partial charge < -0.3 is 4.74 Å². The van der Waals surface area contributed by atoms with Gasteiger partial charge in [0, 0.05) is 0 Å². The number of nitrogens with zero attached hydrogens (tertiary/aromatic N) is 2. The number of halogens is 4. The van der Waals surface area contributed by atoms with Crippen LogP contribution in [0.1, 0.15) is 0 Å². The van der Waals surface area contributed by atoms with E-state index in [1.807, 2.05) is 22.6 Å². The molecule has 0 aliphatic heterocycles. The first-order valence-corrected chi connectivity index (χ1v) is 4.92. The van der Waals surface area contributed by atoms with Crippen LogP contribution in [0.2, 0.25) is 0 Å². The number of hydrogen-bond donors (Lipinski definition) is 0. The van der Waals surface area contributed by atoms with Crippen LogP contribution in [0.15, 0.2) is 24.5 Å². The quantitative estimate of drug-likeness (QED) is 0.753. The highest BCUT2D eigenvalue weighted by Gasteiger charge is 2.31. The van der Waals surface area contributed by atoms with E-state index in [1.54, 1.807) is 6.20 Å². The summed E-state index contributed by atoms with van der Waals surface area (Å²) in [5.74, 6) is -0.258. The van der Waals surface area contributed by atoms with Crippen LogP contribution in [-0.2, 0) is 0 Å². The summed E-state index contributed by atoms with van der Waals surface area (Å²) in [5, 5.41) is 0. The maximum atomic E-state index is 11.9. The molecule has 7 heteroatoms. The summed E-state index contributed by atoms with van der Waals surface area (Å²) < 4.78 is 41.8. The van der Waals surface area contributed by atoms with Crippen molar-refractivity contribution >= 4 is 28.2 Å². The third-order valence-electron chi connectivity index (χ3n) is 1.67. The molecule has 0 amide bonds. The van der Waals surface area contributed by atoms with E-state index >= 15 is 0 Å². The Kier molecular flexibility index (Phi) is 2.49. The zero-order chi connectivity index (χ0) is 11.1. The lowest BCUT2D eigenvalue weighted by molar-refractivity contribution is -0.274. The first kappa shape index (κ1) is 10.5. The van der Waals surface area contributed by atoms with Crippen molar-refractivity contribution in [2.45, 2.75) is 6.36 Å². The maximum Gasteiger partial charge on any atom is 0.573 e. The molecule has 2 aromatic heterocycles. The molecule has 0 atom stereocenters. The van der Waals surface area contributed by atoms with Crippen molar-refractivity contribution in [3.05, 3.63) is 28.2 Å². The lowest BCUT2D eigenvalue weighted by Crippen LogP contribution is -2.17. The Hall–Kier alpha value is -0.990. The van der Waals surface area contributed by atoms with Gasteiger partial charge in [-0.15, -0.1) is 13.2 Å². The Balaban J connectivity index is 2.42. The van der Waals surface area contributed by atoms with Gasteiger partial charge in [0.05, 0.1) is 12.4 Å². The first-order valence-electron chi connectivity index (χ1n) is 3.84. The lowest BCUT2D eigenvalue weighted by Gasteiger charge is -2.08. The average molecular weight is 328 g/mol. The molecule has 0 aliphatic rings. The van der Waals surface area contributed by atoms with Crippen molar-refractivity contribution in [3.63, 3.8) is 0 Å². The van der Waals surface area contributed by atoms with Crippen molar-refractivity contribution in [1.82, 2.24) is 9.38 Å². The number of alkyl halides is 3. The van der Waals surface area contributed by atoms with Gasteiger partial charge in [0.25, 0.3) is 0 Å². The molecule has 0 spiro atoms. The van der Waals surface area contributed by atoms with Crippen LogP contribution in [0.3, 0.4) is 0 Å². The predicted octanol–water partition coefficient (Wildman–Crippen LogP) is 2.84. The molecule has 80 valence electrons. The molecule has 0 fully saturated rings. The van der Waals surface area contributed by atoms with Gasteiger partial charge in [-0.05, 0) is 34.7 Å². The second kappa shape index (κ2) is 3.54. The summed E-state index contributed by atoms with van der Waals surface area (Å²) in [4.78, 5) is 3.97. The zero-order valence-corrected chi connectivity index (χ0v) is 9.28. The monoisotopic (exact) mass is 328 g/mol. The summed E-state index contributed by atoms with van der Waals surface area (Å²) in [6.07, 6.45) is -1.86. The van der Waals surface area contributed by atoms with Crippen LogP contribution in [0.4, 0.5) is 13.2 Å². The number of fused-ring (bicyclic) bond motifs is 1. The molecule has 0 N–H and O–H groups in total. The van der Waals surface area contributed by atoms with Crippen molar-refractivity contribution in [3.8, 4) is 5.75 Å². The van der Waals surface area contributed by atoms with Gasteiger partial charge in [-0.2, -0.15) is 0 Å². The highest BCUT2D eigenvalue weighted by atomic mass is 127. The Bertz CT molecular complexity index is 494. The molecule has 2 rings (SSSR count). The average Bonchev–Trinajstić information content (AvgIpc) is 2.45. The van der Waals surface area contributed by atoms with Gasteiger partial charge >= 0.3 is 6.36 Å². The van der Waals surface area contributed by atoms with E-state index in [4.69, 9.17) is 0 Å². The summed E-state index contributed by atoms with van der Waals surface area (Å²) in [5.41, 5.74) is 0.578. The molecule has 0 saturated carbocycles. The van der Waals surface area contributed by atoms with Crippen LogP contribution in [0.5, 0.6) is 5.75 Å². The Labute approximate surface area is 96.0 Å². The van der Waals surface area contributed by atoms with E-state index in [2.05, 4.69) is 9.72 Å². The zero-order valence-electron chi connectivity index (χ0n) is 7.12. The van der Waals surface area contributed by atoms with Crippen LogP contribution in [-0.4, -0.2) is 15.7 Å². The van der Waals surface area contributed by atoms with Crippen molar-refractivity contribution in [1.29, 1.82) is 0 Å². The number of hydrogen-bond acceptors (Lipinski definition) is 2. The van der Waals surface area contributed by atoms with Crippen LogP contribution >= 0.6 is 22.6 Å². The number of ether oxygens (including phenoxy) is 1. The summed E-state index contributed by atoms with van der Waals surface area (Å²) in [7, 11) is 0. The van der Waals surface area contributed by atoms with E-state index in [0.29, 0.717) is 5.65 Å². The van der Waals surface area contributed by atoms with Crippen molar-refractivity contribution in [2.24, 2.45) is 0 Å². The van der Waals surface area contributed by atoms with E-state index < -0.39 is 6.36 Å². The minimum atomic E-state index is -4.67. The number of aromatic nitrogens is 2. The van der Waals surface area contributed by atoms with E-state index in [0.717, 1.165) is 3.70 Å². The fourth-order valence-corrected chi connectivity index (χ4v) is 1.65. The number of imidazole rings is 1. The smallest absolute Gasteiger partial charge is 0.404 e. The number of pyridine rings is 1. The normalized spacial score (nSPS) is 12.0. The Morgan fingerprint density at radius 2 is 2.07 bits per heavy atom. The van der Waals surface area contributed by atoms with Crippen LogP contribution < -0.4 is 4.74 Å². The summed E-state index contributed by atoms with van der Waals surface area (Å²) >= 11 is 1.97. The third kappa shape index (κ3) is 2.33. The molecule has 15 heavy (non-hydrogen) atoms. The Morgan fingerprint density at radius 3 is 2.73 bits per heavy atom.